The topological polar surface area (TPSA) is 24.9 Å². The van der Waals surface area contributed by atoms with Crippen LogP contribution in [-0.4, -0.2) is 18.1 Å². The van der Waals surface area contributed by atoms with Gasteiger partial charge in [-0.2, -0.15) is 0 Å². The van der Waals surface area contributed by atoms with Crippen molar-refractivity contribution in [3.05, 3.63) is 30.1 Å². The molecule has 3 rings (SSSR count). The zero-order valence-corrected chi connectivity index (χ0v) is 10.8. The number of hydrogen-bond acceptors (Lipinski definition) is 2. The van der Waals surface area contributed by atoms with Gasteiger partial charge in [0, 0.05) is 23.9 Å². The van der Waals surface area contributed by atoms with Gasteiger partial charge in [-0.05, 0) is 49.8 Å². The molecule has 2 heteroatoms. The van der Waals surface area contributed by atoms with Crippen molar-refractivity contribution in [3.8, 4) is 0 Å². The Morgan fingerprint density at radius 3 is 2.65 bits per heavy atom. The maximum absolute atomic E-state index is 4.51. The van der Waals surface area contributed by atoms with Gasteiger partial charge in [0.25, 0.3) is 0 Å². The first-order valence-corrected chi connectivity index (χ1v) is 6.91. The van der Waals surface area contributed by atoms with E-state index < -0.39 is 0 Å². The van der Waals surface area contributed by atoms with Crippen LogP contribution in [0.4, 0.5) is 0 Å². The maximum atomic E-state index is 4.51. The van der Waals surface area contributed by atoms with E-state index in [1.807, 2.05) is 12.3 Å². The summed E-state index contributed by atoms with van der Waals surface area (Å²) in [5.41, 5.74) is 1.23. The average molecular weight is 230 g/mol. The van der Waals surface area contributed by atoms with Crippen molar-refractivity contribution < 1.29 is 0 Å². The Bertz CT molecular complexity index is 366. The number of nitrogens with one attached hydrogen (secondary N) is 1. The molecule has 4 unspecified atom stereocenters. The standard InChI is InChI=1S/C15H22N2/c1-10(13-8-3-4-9-17-13)15(16-2)14-11-6-5-7-12(11)14/h3-4,8-12,14-16H,5-7H2,1-2H3. The van der Waals surface area contributed by atoms with Gasteiger partial charge in [-0.3, -0.25) is 4.98 Å². The molecule has 1 N–H and O–H groups in total. The summed E-state index contributed by atoms with van der Waals surface area (Å²) < 4.78 is 0. The Morgan fingerprint density at radius 2 is 2.06 bits per heavy atom. The summed E-state index contributed by atoms with van der Waals surface area (Å²) in [5.74, 6) is 3.46. The highest BCUT2D eigenvalue weighted by Gasteiger charge is 2.56. The first kappa shape index (κ1) is 11.2. The van der Waals surface area contributed by atoms with Crippen LogP contribution in [0.5, 0.6) is 0 Å². The minimum absolute atomic E-state index is 0.525. The highest BCUT2D eigenvalue weighted by Crippen LogP contribution is 2.60. The number of pyridine rings is 1. The average Bonchev–Trinajstić information content (AvgIpc) is 2.85. The van der Waals surface area contributed by atoms with Gasteiger partial charge in [-0.1, -0.05) is 19.4 Å². The third kappa shape index (κ3) is 1.89. The smallest absolute Gasteiger partial charge is 0.0447 e. The Hall–Kier alpha value is -0.890. The molecule has 0 bridgehead atoms. The van der Waals surface area contributed by atoms with E-state index in [-0.39, 0.29) is 0 Å². The fourth-order valence-corrected chi connectivity index (χ4v) is 4.01. The molecule has 0 amide bonds. The van der Waals surface area contributed by atoms with Crippen LogP contribution in [0.1, 0.15) is 37.8 Å². The fraction of sp³-hybridized carbons (Fsp3) is 0.667. The van der Waals surface area contributed by atoms with E-state index in [0.717, 1.165) is 17.8 Å². The number of likely N-dealkylation sites (N-methyl/N-ethyl adjacent to an activating group) is 1. The molecular formula is C15H22N2. The molecule has 92 valence electrons. The quantitative estimate of drug-likeness (QED) is 0.860. The zero-order valence-electron chi connectivity index (χ0n) is 10.8. The second-order valence-corrected chi connectivity index (χ2v) is 5.69. The van der Waals surface area contributed by atoms with E-state index in [1.54, 1.807) is 0 Å². The molecule has 17 heavy (non-hydrogen) atoms. The number of fused-ring (bicyclic) bond motifs is 1. The highest BCUT2D eigenvalue weighted by atomic mass is 14.9. The molecular weight excluding hydrogens is 208 g/mol. The molecule has 1 heterocycles. The zero-order chi connectivity index (χ0) is 11.8. The van der Waals surface area contributed by atoms with Crippen molar-refractivity contribution in [2.45, 2.75) is 38.1 Å². The van der Waals surface area contributed by atoms with Crippen molar-refractivity contribution >= 4 is 0 Å². The normalized spacial score (nSPS) is 34.1. The Morgan fingerprint density at radius 1 is 1.29 bits per heavy atom. The lowest BCUT2D eigenvalue weighted by atomic mass is 9.90. The minimum Gasteiger partial charge on any atom is -0.316 e. The maximum Gasteiger partial charge on any atom is 0.0447 e. The highest BCUT2D eigenvalue weighted by molar-refractivity contribution is 5.16. The van der Waals surface area contributed by atoms with Gasteiger partial charge >= 0.3 is 0 Å². The van der Waals surface area contributed by atoms with Crippen molar-refractivity contribution in [2.24, 2.45) is 17.8 Å². The first-order valence-electron chi connectivity index (χ1n) is 6.91. The molecule has 1 aromatic heterocycles. The second-order valence-electron chi connectivity index (χ2n) is 5.69. The summed E-state index contributed by atoms with van der Waals surface area (Å²) in [4.78, 5) is 4.51. The Kier molecular flexibility index (Phi) is 2.91. The molecule has 0 spiro atoms. The van der Waals surface area contributed by atoms with Gasteiger partial charge in [0.15, 0.2) is 0 Å². The summed E-state index contributed by atoms with van der Waals surface area (Å²) in [6.45, 7) is 2.32. The monoisotopic (exact) mass is 230 g/mol. The number of nitrogens with zero attached hydrogens (tertiary/aromatic N) is 1. The van der Waals surface area contributed by atoms with Crippen molar-refractivity contribution in [2.75, 3.05) is 7.05 Å². The van der Waals surface area contributed by atoms with Crippen LogP contribution >= 0.6 is 0 Å². The third-order valence-corrected chi connectivity index (χ3v) is 4.91. The van der Waals surface area contributed by atoms with E-state index in [0.29, 0.717) is 12.0 Å². The predicted molar refractivity (Wildman–Crippen MR) is 69.8 cm³/mol. The summed E-state index contributed by atoms with van der Waals surface area (Å²) in [6.07, 6.45) is 6.29. The number of aromatic nitrogens is 1. The largest absolute Gasteiger partial charge is 0.316 e. The lowest BCUT2D eigenvalue weighted by Crippen LogP contribution is -2.34. The second kappa shape index (κ2) is 4.41. The summed E-state index contributed by atoms with van der Waals surface area (Å²) in [6, 6.07) is 6.86. The number of hydrogen-bond donors (Lipinski definition) is 1. The summed E-state index contributed by atoms with van der Waals surface area (Å²) in [5, 5.41) is 3.55. The minimum atomic E-state index is 0.525. The van der Waals surface area contributed by atoms with Gasteiger partial charge in [0.05, 0.1) is 0 Å². The van der Waals surface area contributed by atoms with E-state index in [4.69, 9.17) is 0 Å². The van der Waals surface area contributed by atoms with Crippen molar-refractivity contribution in [1.29, 1.82) is 0 Å². The van der Waals surface area contributed by atoms with Crippen LogP contribution in [0.2, 0.25) is 0 Å². The SMILES string of the molecule is CNC(C(C)c1ccccn1)C1C2CCCC21. The molecule has 2 fully saturated rings. The van der Waals surface area contributed by atoms with Gasteiger partial charge < -0.3 is 5.32 Å². The van der Waals surface area contributed by atoms with E-state index in [9.17, 15) is 0 Å². The molecule has 0 aliphatic heterocycles. The van der Waals surface area contributed by atoms with Gasteiger partial charge in [0.1, 0.15) is 0 Å². The Labute approximate surface area is 104 Å². The molecule has 0 aromatic carbocycles. The Balaban J connectivity index is 1.73. The molecule has 2 aliphatic rings. The summed E-state index contributed by atoms with van der Waals surface area (Å²) >= 11 is 0. The van der Waals surface area contributed by atoms with Crippen molar-refractivity contribution in [1.82, 2.24) is 10.3 Å². The molecule has 0 saturated heterocycles. The van der Waals surface area contributed by atoms with Crippen LogP contribution in [0.3, 0.4) is 0 Å². The van der Waals surface area contributed by atoms with Crippen LogP contribution in [0, 0.1) is 17.8 Å². The van der Waals surface area contributed by atoms with E-state index in [2.05, 4.69) is 36.4 Å². The summed E-state index contributed by atoms with van der Waals surface area (Å²) in [7, 11) is 2.11. The van der Waals surface area contributed by atoms with Crippen LogP contribution in [0.25, 0.3) is 0 Å². The van der Waals surface area contributed by atoms with Crippen LogP contribution in [0.15, 0.2) is 24.4 Å². The lowest BCUT2D eigenvalue weighted by Gasteiger charge is -2.25. The molecule has 2 aliphatic carbocycles. The molecule has 4 atom stereocenters. The number of rotatable bonds is 4. The van der Waals surface area contributed by atoms with Gasteiger partial charge in [0.2, 0.25) is 0 Å². The molecule has 2 nitrogen and oxygen atoms in total. The molecule has 1 aromatic rings. The van der Waals surface area contributed by atoms with Crippen molar-refractivity contribution in [3.63, 3.8) is 0 Å². The van der Waals surface area contributed by atoms with Gasteiger partial charge in [-0.25, -0.2) is 0 Å². The van der Waals surface area contributed by atoms with E-state index in [1.165, 1.54) is 25.0 Å². The molecule has 2 saturated carbocycles. The fourth-order valence-electron chi connectivity index (χ4n) is 4.01. The molecule has 0 radical (unpaired) electrons. The van der Waals surface area contributed by atoms with Crippen LogP contribution < -0.4 is 5.32 Å². The third-order valence-electron chi connectivity index (χ3n) is 4.91. The van der Waals surface area contributed by atoms with Gasteiger partial charge in [-0.15, -0.1) is 0 Å². The van der Waals surface area contributed by atoms with E-state index >= 15 is 0 Å². The predicted octanol–water partition coefficient (Wildman–Crippen LogP) is 2.82. The first-order chi connectivity index (χ1) is 8.33. The van der Waals surface area contributed by atoms with Crippen LogP contribution in [-0.2, 0) is 0 Å². The lowest BCUT2D eigenvalue weighted by molar-refractivity contribution is 0.380.